The molecule has 2 aliphatic heterocycles. The van der Waals surface area contributed by atoms with Crippen molar-refractivity contribution in [1.82, 2.24) is 10.4 Å². The van der Waals surface area contributed by atoms with Crippen LogP contribution in [0.3, 0.4) is 0 Å². The molecule has 1 aromatic heterocycles. The Morgan fingerprint density at radius 1 is 1.00 bits per heavy atom. The Bertz CT molecular complexity index is 796. The maximum atomic E-state index is 4.98. The summed E-state index contributed by atoms with van der Waals surface area (Å²) in [7, 11) is 0. The normalized spacial score (nSPS) is 17.7. The molecule has 0 atom stereocenters. The largest absolute Gasteiger partial charge is 0.348 e. The minimum absolute atomic E-state index is 0. The van der Waals surface area contributed by atoms with Gasteiger partial charge in [0.2, 0.25) is 0 Å². The van der Waals surface area contributed by atoms with Crippen LogP contribution in [0.1, 0.15) is 49.8 Å². The molecule has 1 fully saturated rings. The van der Waals surface area contributed by atoms with E-state index in [1.807, 2.05) is 12.3 Å². The number of amidine groups is 1. The van der Waals surface area contributed by atoms with Crippen LogP contribution in [-0.2, 0) is 0 Å². The molecular formula is C21H28BrN5S. The van der Waals surface area contributed by atoms with Crippen LogP contribution in [0.25, 0.3) is 11.3 Å². The van der Waals surface area contributed by atoms with E-state index in [1.54, 1.807) is 11.3 Å². The van der Waals surface area contributed by atoms with Crippen molar-refractivity contribution in [2.75, 3.05) is 24.5 Å². The second kappa shape index (κ2) is 10.7. The smallest absolute Gasteiger partial charge is 0.186 e. The summed E-state index contributed by atoms with van der Waals surface area (Å²) in [4.78, 5) is 13.1. The van der Waals surface area contributed by atoms with Crippen molar-refractivity contribution in [1.29, 1.82) is 0 Å². The van der Waals surface area contributed by atoms with Gasteiger partial charge in [0.05, 0.1) is 16.8 Å². The summed E-state index contributed by atoms with van der Waals surface area (Å²) in [5, 5.41) is 5.61. The monoisotopic (exact) mass is 461 g/mol. The number of nitrogens with zero attached hydrogens (tertiary/aromatic N) is 4. The van der Waals surface area contributed by atoms with Gasteiger partial charge in [0.15, 0.2) is 5.13 Å². The number of piperidine rings is 1. The summed E-state index contributed by atoms with van der Waals surface area (Å²) in [6, 6.07) is 10.4. The van der Waals surface area contributed by atoms with Crippen molar-refractivity contribution in [2.45, 2.75) is 44.9 Å². The van der Waals surface area contributed by atoms with Gasteiger partial charge in [0, 0.05) is 31.6 Å². The van der Waals surface area contributed by atoms with Crippen molar-refractivity contribution < 1.29 is 0 Å². The molecule has 7 heteroatoms. The lowest BCUT2D eigenvalue weighted by Crippen LogP contribution is -2.29. The zero-order valence-corrected chi connectivity index (χ0v) is 18.7. The van der Waals surface area contributed by atoms with E-state index in [0.717, 1.165) is 53.2 Å². The summed E-state index contributed by atoms with van der Waals surface area (Å²) < 4.78 is 0. The number of aliphatic imine (C=N–C) groups is 1. The molecule has 3 heterocycles. The van der Waals surface area contributed by atoms with Gasteiger partial charge in [-0.1, -0.05) is 48.1 Å². The van der Waals surface area contributed by atoms with Crippen LogP contribution in [0.15, 0.2) is 40.4 Å². The minimum Gasteiger partial charge on any atom is -0.348 e. The fourth-order valence-corrected chi connectivity index (χ4v) is 4.57. The van der Waals surface area contributed by atoms with E-state index < -0.39 is 0 Å². The molecule has 0 aliphatic carbocycles. The molecule has 1 N–H and O–H groups in total. The Kier molecular flexibility index (Phi) is 8.03. The number of nitrogens with one attached hydrogen (secondary N) is 1. The van der Waals surface area contributed by atoms with E-state index in [0.29, 0.717) is 0 Å². The fourth-order valence-electron chi connectivity index (χ4n) is 3.56. The van der Waals surface area contributed by atoms with Gasteiger partial charge in [-0.05, 0) is 32.1 Å². The van der Waals surface area contributed by atoms with Gasteiger partial charge >= 0.3 is 0 Å². The third kappa shape index (κ3) is 5.41. The average molecular weight is 462 g/mol. The van der Waals surface area contributed by atoms with Crippen LogP contribution >= 0.6 is 28.3 Å². The van der Waals surface area contributed by atoms with E-state index in [2.05, 4.69) is 44.7 Å². The highest BCUT2D eigenvalue weighted by Crippen LogP contribution is 2.33. The van der Waals surface area contributed by atoms with Gasteiger partial charge in [0.1, 0.15) is 5.84 Å². The molecule has 0 unspecified atom stereocenters. The molecular weight excluding hydrogens is 434 g/mol. The molecule has 4 rings (SSSR count). The first-order chi connectivity index (χ1) is 13.4. The number of anilines is 1. The van der Waals surface area contributed by atoms with Crippen molar-refractivity contribution in [3.63, 3.8) is 0 Å². The van der Waals surface area contributed by atoms with Gasteiger partial charge in [0.25, 0.3) is 0 Å². The van der Waals surface area contributed by atoms with Gasteiger partial charge in [-0.15, -0.1) is 17.0 Å². The Balaban J connectivity index is 0.00000225. The number of benzene rings is 1. The lowest BCUT2D eigenvalue weighted by Gasteiger charge is -2.25. The van der Waals surface area contributed by atoms with Crippen LogP contribution in [-0.4, -0.2) is 36.7 Å². The Morgan fingerprint density at radius 2 is 1.79 bits per heavy atom. The van der Waals surface area contributed by atoms with Gasteiger partial charge in [-0.2, -0.15) is 5.10 Å². The topological polar surface area (TPSA) is 52.9 Å². The summed E-state index contributed by atoms with van der Waals surface area (Å²) >= 11 is 1.74. The highest BCUT2D eigenvalue weighted by Gasteiger charge is 2.18. The predicted molar refractivity (Wildman–Crippen MR) is 125 cm³/mol. The SMILES string of the molecule is Br.C(=NNC1=NCCCCC1)c1sc(N2CCCCC2)nc1-c1ccccc1. The second-order valence-electron chi connectivity index (χ2n) is 7.13. The Hall–Kier alpha value is -1.73. The maximum absolute atomic E-state index is 4.98. The summed E-state index contributed by atoms with van der Waals surface area (Å²) in [5.74, 6) is 1.01. The third-order valence-electron chi connectivity index (χ3n) is 5.07. The molecule has 2 aliphatic rings. The van der Waals surface area contributed by atoms with Crippen molar-refractivity contribution in [3.8, 4) is 11.3 Å². The molecule has 0 spiro atoms. The first kappa shape index (κ1) is 21.0. The Labute approximate surface area is 181 Å². The van der Waals surface area contributed by atoms with E-state index in [-0.39, 0.29) is 17.0 Å². The van der Waals surface area contributed by atoms with Crippen LogP contribution in [0.4, 0.5) is 5.13 Å². The molecule has 0 saturated carbocycles. The van der Waals surface area contributed by atoms with Crippen LogP contribution in [0.2, 0.25) is 0 Å². The Morgan fingerprint density at radius 3 is 2.61 bits per heavy atom. The molecule has 1 saturated heterocycles. The first-order valence-electron chi connectivity index (χ1n) is 10.0. The van der Waals surface area contributed by atoms with Crippen molar-refractivity contribution in [2.24, 2.45) is 10.1 Å². The summed E-state index contributed by atoms with van der Waals surface area (Å²) in [6.45, 7) is 3.12. The summed E-state index contributed by atoms with van der Waals surface area (Å²) in [5.41, 5.74) is 5.33. The molecule has 0 amide bonds. The van der Waals surface area contributed by atoms with E-state index in [9.17, 15) is 0 Å². The highest BCUT2D eigenvalue weighted by atomic mass is 79.9. The third-order valence-corrected chi connectivity index (χ3v) is 6.12. The average Bonchev–Trinajstić information content (AvgIpc) is 2.98. The second-order valence-corrected chi connectivity index (χ2v) is 8.14. The van der Waals surface area contributed by atoms with E-state index >= 15 is 0 Å². The summed E-state index contributed by atoms with van der Waals surface area (Å²) in [6.07, 6.45) is 10.4. The van der Waals surface area contributed by atoms with Crippen LogP contribution < -0.4 is 10.3 Å². The number of rotatable bonds is 4. The molecule has 1 aromatic carbocycles. The van der Waals surface area contributed by atoms with Gasteiger partial charge in [-0.25, -0.2) is 4.98 Å². The number of aromatic nitrogens is 1. The lowest BCUT2D eigenvalue weighted by atomic mass is 10.1. The van der Waals surface area contributed by atoms with E-state index in [1.165, 1.54) is 38.5 Å². The number of thiazole rings is 1. The maximum Gasteiger partial charge on any atom is 0.186 e. The van der Waals surface area contributed by atoms with E-state index in [4.69, 9.17) is 4.98 Å². The number of hydrogen-bond donors (Lipinski definition) is 1. The number of hydrazone groups is 1. The van der Waals surface area contributed by atoms with Gasteiger partial charge < -0.3 is 4.90 Å². The molecule has 0 radical (unpaired) electrons. The van der Waals surface area contributed by atoms with Crippen LogP contribution in [0.5, 0.6) is 0 Å². The molecule has 2 aromatic rings. The predicted octanol–water partition coefficient (Wildman–Crippen LogP) is 5.27. The molecule has 150 valence electrons. The highest BCUT2D eigenvalue weighted by molar-refractivity contribution is 8.93. The van der Waals surface area contributed by atoms with Gasteiger partial charge in [-0.3, -0.25) is 10.4 Å². The van der Waals surface area contributed by atoms with Crippen LogP contribution in [0, 0.1) is 0 Å². The molecule has 28 heavy (non-hydrogen) atoms. The fraction of sp³-hybridized carbons (Fsp3) is 0.476. The quantitative estimate of drug-likeness (QED) is 0.497. The van der Waals surface area contributed by atoms with Crippen molar-refractivity contribution in [3.05, 3.63) is 35.2 Å². The molecule has 0 bridgehead atoms. The number of halogens is 1. The minimum atomic E-state index is 0. The molecule has 5 nitrogen and oxygen atoms in total. The number of hydrogen-bond acceptors (Lipinski definition) is 6. The first-order valence-corrected chi connectivity index (χ1v) is 10.9. The standard InChI is InChI=1S/C21H27N5S.BrH/c1-4-10-17(11-5-1)20-18(16-23-25-19-12-6-2-7-13-22-19)27-21(24-20)26-14-8-3-9-15-26;/h1,4-5,10-11,16H,2-3,6-9,12-15H2,(H,22,25);1H. The lowest BCUT2D eigenvalue weighted by molar-refractivity contribution is 0.577. The van der Waals surface area contributed by atoms with Crippen molar-refractivity contribution >= 4 is 45.5 Å². The zero-order chi connectivity index (χ0) is 18.3. The zero-order valence-electron chi connectivity index (χ0n) is 16.1.